The lowest BCUT2D eigenvalue weighted by molar-refractivity contribution is -0.139. The molecule has 1 unspecified atom stereocenters. The number of hydrogen-bond donors (Lipinski definition) is 2. The van der Waals surface area contributed by atoms with E-state index >= 15 is 0 Å². The monoisotopic (exact) mass is 331 g/mol. The first kappa shape index (κ1) is 16.7. The zero-order valence-corrected chi connectivity index (χ0v) is 13.9. The Hall–Kier alpha value is -2.11. The van der Waals surface area contributed by atoms with E-state index in [0.29, 0.717) is 17.9 Å². The van der Waals surface area contributed by atoms with Crippen LogP contribution in [0.1, 0.15) is 55.3 Å². The molecule has 2 aliphatic rings. The van der Waals surface area contributed by atoms with Gasteiger partial charge in [-0.15, -0.1) is 0 Å². The molecule has 1 saturated heterocycles. The molecule has 2 N–H and O–H groups in total. The topological polar surface area (TPSA) is 82.5 Å². The number of amides is 1. The van der Waals surface area contributed by atoms with Gasteiger partial charge in [0, 0.05) is 19.3 Å². The molecule has 1 aromatic rings. The van der Waals surface area contributed by atoms with E-state index in [1.165, 1.54) is 25.7 Å². The summed E-state index contributed by atoms with van der Waals surface area (Å²) in [5, 5.41) is 11.9. The molecule has 130 valence electrons. The van der Waals surface area contributed by atoms with E-state index in [1.807, 2.05) is 6.07 Å². The number of aromatic nitrogens is 1. The third-order valence-electron chi connectivity index (χ3n) is 4.81. The Labute approximate surface area is 142 Å². The molecule has 0 spiro atoms. The van der Waals surface area contributed by atoms with Crippen LogP contribution in [-0.4, -0.2) is 41.1 Å². The summed E-state index contributed by atoms with van der Waals surface area (Å²) in [5.41, 5.74) is 0.413. The molecule has 1 aromatic heterocycles. The predicted molar refractivity (Wildman–Crippen MR) is 91.1 cm³/mol. The minimum absolute atomic E-state index is 0.363. The van der Waals surface area contributed by atoms with Crippen molar-refractivity contribution >= 4 is 17.7 Å². The molecule has 6 nitrogen and oxygen atoms in total. The second kappa shape index (κ2) is 7.64. The average molecular weight is 331 g/mol. The van der Waals surface area contributed by atoms with Gasteiger partial charge in [0.2, 0.25) is 0 Å². The molecule has 0 radical (unpaired) electrons. The van der Waals surface area contributed by atoms with E-state index in [1.54, 1.807) is 12.3 Å². The highest BCUT2D eigenvalue weighted by molar-refractivity contribution is 5.96. The molecule has 6 heteroatoms. The Morgan fingerprint density at radius 2 is 1.92 bits per heavy atom. The fourth-order valence-corrected chi connectivity index (χ4v) is 3.16. The lowest BCUT2D eigenvalue weighted by Gasteiger charge is -2.21. The lowest BCUT2D eigenvalue weighted by Crippen LogP contribution is -2.41. The quantitative estimate of drug-likeness (QED) is 0.836. The van der Waals surface area contributed by atoms with Crippen molar-refractivity contribution in [3.8, 4) is 0 Å². The van der Waals surface area contributed by atoms with Crippen LogP contribution in [-0.2, 0) is 4.79 Å². The maximum absolute atomic E-state index is 12.3. The van der Waals surface area contributed by atoms with Gasteiger partial charge in [0.15, 0.2) is 0 Å². The van der Waals surface area contributed by atoms with Crippen molar-refractivity contribution in [2.75, 3.05) is 18.0 Å². The highest BCUT2D eigenvalue weighted by Crippen LogP contribution is 2.33. The fourth-order valence-electron chi connectivity index (χ4n) is 3.16. The number of rotatable bonds is 6. The van der Waals surface area contributed by atoms with E-state index in [9.17, 15) is 14.7 Å². The van der Waals surface area contributed by atoms with E-state index < -0.39 is 12.0 Å². The van der Waals surface area contributed by atoms with E-state index in [2.05, 4.69) is 15.2 Å². The van der Waals surface area contributed by atoms with Crippen LogP contribution in [0, 0.1) is 5.92 Å². The third kappa shape index (κ3) is 4.46. The number of carbonyl (C=O) groups is 2. The zero-order chi connectivity index (χ0) is 16.9. The predicted octanol–water partition coefficient (Wildman–Crippen LogP) is 2.45. The summed E-state index contributed by atoms with van der Waals surface area (Å²) in [7, 11) is 0. The molecular formula is C18H25N3O3. The van der Waals surface area contributed by atoms with Crippen LogP contribution in [0.4, 0.5) is 5.82 Å². The normalized spacial score (nSPS) is 19.4. The largest absolute Gasteiger partial charge is 0.480 e. The fraction of sp³-hybridized carbons (Fsp3) is 0.611. The number of carboxylic acid groups (broad SMARTS) is 1. The molecule has 24 heavy (non-hydrogen) atoms. The number of carbonyl (C=O) groups excluding carboxylic acids is 1. The number of nitrogens with one attached hydrogen (secondary N) is 1. The Morgan fingerprint density at radius 1 is 1.21 bits per heavy atom. The van der Waals surface area contributed by atoms with Crippen molar-refractivity contribution in [3.63, 3.8) is 0 Å². The highest BCUT2D eigenvalue weighted by atomic mass is 16.4. The third-order valence-corrected chi connectivity index (χ3v) is 4.81. The summed E-state index contributed by atoms with van der Waals surface area (Å²) in [6, 6.07) is 2.78. The van der Waals surface area contributed by atoms with Gasteiger partial charge >= 0.3 is 5.97 Å². The van der Waals surface area contributed by atoms with Crippen LogP contribution in [0.15, 0.2) is 18.3 Å². The first-order chi connectivity index (χ1) is 11.6. The highest BCUT2D eigenvalue weighted by Gasteiger charge is 2.30. The molecule has 0 bridgehead atoms. The van der Waals surface area contributed by atoms with Gasteiger partial charge in [-0.1, -0.05) is 25.7 Å². The molecule has 1 amide bonds. The van der Waals surface area contributed by atoms with E-state index in [-0.39, 0.29) is 5.91 Å². The molecule has 1 saturated carbocycles. The Bertz CT molecular complexity index is 576. The van der Waals surface area contributed by atoms with Crippen molar-refractivity contribution < 1.29 is 14.7 Å². The number of pyridine rings is 1. The van der Waals surface area contributed by atoms with Crippen molar-refractivity contribution in [1.82, 2.24) is 10.3 Å². The van der Waals surface area contributed by atoms with Crippen LogP contribution in [0.2, 0.25) is 0 Å². The van der Waals surface area contributed by atoms with Crippen LogP contribution >= 0.6 is 0 Å². The molecule has 3 rings (SSSR count). The van der Waals surface area contributed by atoms with Crippen LogP contribution < -0.4 is 10.2 Å². The van der Waals surface area contributed by atoms with Crippen molar-refractivity contribution in [2.24, 2.45) is 5.92 Å². The molecule has 1 aliphatic carbocycles. The maximum Gasteiger partial charge on any atom is 0.326 e. The Balaban J connectivity index is 1.61. The maximum atomic E-state index is 12.3. The summed E-state index contributed by atoms with van der Waals surface area (Å²) < 4.78 is 0. The number of carboxylic acids is 1. The minimum atomic E-state index is -0.968. The van der Waals surface area contributed by atoms with Gasteiger partial charge in [0.1, 0.15) is 11.9 Å². The van der Waals surface area contributed by atoms with Gasteiger partial charge in [-0.25, -0.2) is 9.78 Å². The summed E-state index contributed by atoms with van der Waals surface area (Å²) in [6.07, 6.45) is 9.04. The zero-order valence-electron chi connectivity index (χ0n) is 13.9. The molecular weight excluding hydrogens is 306 g/mol. The van der Waals surface area contributed by atoms with Gasteiger partial charge in [-0.05, 0) is 37.3 Å². The van der Waals surface area contributed by atoms with Crippen molar-refractivity contribution in [3.05, 3.63) is 23.9 Å². The van der Waals surface area contributed by atoms with Gasteiger partial charge < -0.3 is 15.3 Å². The van der Waals surface area contributed by atoms with Gasteiger partial charge in [0.25, 0.3) is 5.91 Å². The van der Waals surface area contributed by atoms with E-state index in [0.717, 1.165) is 31.7 Å². The minimum Gasteiger partial charge on any atom is -0.480 e. The van der Waals surface area contributed by atoms with Crippen molar-refractivity contribution in [2.45, 2.75) is 51.0 Å². The molecule has 1 atom stereocenters. The summed E-state index contributed by atoms with van der Waals surface area (Å²) in [5.74, 6) is -0.00138. The second-order valence-electron chi connectivity index (χ2n) is 6.85. The first-order valence-corrected chi connectivity index (χ1v) is 8.88. The SMILES string of the molecule is O=C(NC(CC1CC1)C(=O)O)c1ccc(N2CCCCCC2)nc1. The summed E-state index contributed by atoms with van der Waals surface area (Å²) >= 11 is 0. The first-order valence-electron chi connectivity index (χ1n) is 8.88. The number of hydrogen-bond acceptors (Lipinski definition) is 4. The number of aliphatic carboxylic acids is 1. The molecule has 1 aliphatic heterocycles. The smallest absolute Gasteiger partial charge is 0.326 e. The average Bonchev–Trinajstić information content (AvgIpc) is 3.41. The molecule has 2 heterocycles. The Morgan fingerprint density at radius 3 is 2.46 bits per heavy atom. The molecule has 2 fully saturated rings. The van der Waals surface area contributed by atoms with Gasteiger partial charge in [-0.3, -0.25) is 4.79 Å². The number of nitrogens with zero attached hydrogens (tertiary/aromatic N) is 2. The van der Waals surface area contributed by atoms with Crippen LogP contribution in [0.3, 0.4) is 0 Å². The van der Waals surface area contributed by atoms with E-state index in [4.69, 9.17) is 0 Å². The second-order valence-corrected chi connectivity index (χ2v) is 6.85. The lowest BCUT2D eigenvalue weighted by atomic mass is 10.1. The van der Waals surface area contributed by atoms with Crippen LogP contribution in [0.5, 0.6) is 0 Å². The van der Waals surface area contributed by atoms with Crippen molar-refractivity contribution in [1.29, 1.82) is 0 Å². The number of anilines is 1. The Kier molecular flexibility index (Phi) is 5.33. The van der Waals surface area contributed by atoms with Crippen LogP contribution in [0.25, 0.3) is 0 Å². The summed E-state index contributed by atoms with van der Waals surface area (Å²) in [4.78, 5) is 30.2. The standard InChI is InChI=1S/C18H25N3O3/c22-17(20-15(18(23)24)11-13-5-6-13)14-7-8-16(19-12-14)21-9-3-1-2-4-10-21/h7-8,12-13,15H,1-6,9-11H2,(H,20,22)(H,23,24). The molecule has 0 aromatic carbocycles. The summed E-state index contributed by atoms with van der Waals surface area (Å²) in [6.45, 7) is 2.00. The van der Waals surface area contributed by atoms with Gasteiger partial charge in [-0.2, -0.15) is 0 Å². The van der Waals surface area contributed by atoms with Gasteiger partial charge in [0.05, 0.1) is 5.56 Å².